The highest BCUT2D eigenvalue weighted by Gasteiger charge is 2.14. The van der Waals surface area contributed by atoms with Gasteiger partial charge in [-0.2, -0.15) is 0 Å². The molecule has 0 radical (unpaired) electrons. The molecule has 0 saturated heterocycles. The van der Waals surface area contributed by atoms with E-state index in [0.717, 1.165) is 5.56 Å². The Morgan fingerprint density at radius 2 is 1.80 bits per heavy atom. The Morgan fingerprint density at radius 3 is 2.40 bits per heavy atom. The van der Waals surface area contributed by atoms with Crippen LogP contribution in [0.3, 0.4) is 0 Å². The van der Waals surface area contributed by atoms with Gasteiger partial charge in [-0.15, -0.1) is 0 Å². The molecule has 0 atom stereocenters. The summed E-state index contributed by atoms with van der Waals surface area (Å²) in [7, 11) is 0. The van der Waals surface area contributed by atoms with Gasteiger partial charge < -0.3 is 11.1 Å². The average Bonchev–Trinajstić information content (AvgIpc) is 2.36. The summed E-state index contributed by atoms with van der Waals surface area (Å²) in [6, 6.07) is 8.66. The zero-order valence-electron chi connectivity index (χ0n) is 10.5. The van der Waals surface area contributed by atoms with Gasteiger partial charge >= 0.3 is 0 Å². The van der Waals surface area contributed by atoms with Gasteiger partial charge in [0.2, 0.25) is 0 Å². The van der Waals surface area contributed by atoms with Gasteiger partial charge in [0.05, 0.1) is 5.69 Å². The highest BCUT2D eigenvalue weighted by atomic mass is 79.9. The molecule has 6 heteroatoms. The van der Waals surface area contributed by atoms with E-state index in [1.165, 1.54) is 0 Å². The topological polar surface area (TPSA) is 55.1 Å². The molecule has 3 nitrogen and oxygen atoms in total. The third-order valence-electron chi connectivity index (χ3n) is 2.75. The van der Waals surface area contributed by atoms with Crippen molar-refractivity contribution in [1.82, 2.24) is 0 Å². The molecule has 104 valence electrons. The first-order valence-corrected chi connectivity index (χ1v) is 7.67. The van der Waals surface area contributed by atoms with Crippen LogP contribution < -0.4 is 11.1 Å². The second-order valence-corrected chi connectivity index (χ2v) is 6.42. The second kappa shape index (κ2) is 6.16. The van der Waals surface area contributed by atoms with E-state index >= 15 is 0 Å². The number of anilines is 2. The second-order valence-electron chi connectivity index (χ2n) is 4.27. The zero-order chi connectivity index (χ0) is 14.9. The Morgan fingerprint density at radius 1 is 1.20 bits per heavy atom. The molecule has 0 saturated carbocycles. The van der Waals surface area contributed by atoms with Gasteiger partial charge in [0.15, 0.2) is 0 Å². The monoisotopic (exact) mass is 416 g/mol. The molecule has 0 heterocycles. The van der Waals surface area contributed by atoms with Crippen molar-refractivity contribution in [2.24, 2.45) is 0 Å². The molecule has 0 bridgehead atoms. The van der Waals surface area contributed by atoms with Crippen molar-refractivity contribution in [2.45, 2.75) is 6.92 Å². The summed E-state index contributed by atoms with van der Waals surface area (Å²) >= 11 is 12.7. The molecule has 2 aromatic carbocycles. The van der Waals surface area contributed by atoms with Gasteiger partial charge in [-0.05, 0) is 68.6 Å². The maximum absolute atomic E-state index is 12.3. The summed E-state index contributed by atoms with van der Waals surface area (Å²) in [5.41, 5.74) is 8.34. The van der Waals surface area contributed by atoms with E-state index < -0.39 is 0 Å². The van der Waals surface area contributed by atoms with Crippen LogP contribution in [0, 0.1) is 6.92 Å². The van der Waals surface area contributed by atoms with Crippen LogP contribution >= 0.6 is 43.5 Å². The minimum Gasteiger partial charge on any atom is -0.399 e. The van der Waals surface area contributed by atoms with E-state index in [0.29, 0.717) is 30.9 Å². The van der Waals surface area contributed by atoms with Crippen LogP contribution in [0.2, 0.25) is 5.02 Å². The number of hydrogen-bond acceptors (Lipinski definition) is 2. The number of nitrogens with two attached hydrogens (primary N) is 1. The maximum atomic E-state index is 12.3. The third kappa shape index (κ3) is 3.34. The normalized spacial score (nSPS) is 10.4. The number of aryl methyl sites for hydroxylation is 1. The lowest BCUT2D eigenvalue weighted by Gasteiger charge is -2.12. The summed E-state index contributed by atoms with van der Waals surface area (Å²) in [6.45, 7) is 1.86. The Hall–Kier alpha value is -1.04. The molecule has 20 heavy (non-hydrogen) atoms. The van der Waals surface area contributed by atoms with E-state index in [2.05, 4.69) is 37.2 Å². The molecule has 0 spiro atoms. The third-order valence-corrected chi connectivity index (χ3v) is 4.23. The van der Waals surface area contributed by atoms with Crippen molar-refractivity contribution in [2.75, 3.05) is 11.1 Å². The summed E-state index contributed by atoms with van der Waals surface area (Å²) in [4.78, 5) is 12.3. The molecule has 0 aliphatic carbocycles. The average molecular weight is 419 g/mol. The lowest BCUT2D eigenvalue weighted by molar-refractivity contribution is 0.102. The number of benzene rings is 2. The Kier molecular flexibility index (Phi) is 4.73. The van der Waals surface area contributed by atoms with E-state index in [4.69, 9.17) is 17.3 Å². The SMILES string of the molecule is Cc1ccc(Cl)cc1C(=O)Nc1c(Br)cc(N)cc1Br. The summed E-state index contributed by atoms with van der Waals surface area (Å²) in [5, 5.41) is 3.37. The van der Waals surface area contributed by atoms with Crippen LogP contribution in [0.15, 0.2) is 39.3 Å². The first-order valence-electron chi connectivity index (χ1n) is 5.70. The zero-order valence-corrected chi connectivity index (χ0v) is 14.4. The quantitative estimate of drug-likeness (QED) is 0.674. The molecule has 0 aliphatic heterocycles. The fraction of sp³-hybridized carbons (Fsp3) is 0.0714. The fourth-order valence-electron chi connectivity index (χ4n) is 1.73. The molecule has 0 aromatic heterocycles. The summed E-state index contributed by atoms with van der Waals surface area (Å²) in [5.74, 6) is -0.226. The number of nitrogen functional groups attached to an aromatic ring is 1. The van der Waals surface area contributed by atoms with Crippen molar-refractivity contribution < 1.29 is 4.79 Å². The van der Waals surface area contributed by atoms with Gasteiger partial charge in [-0.1, -0.05) is 17.7 Å². The van der Waals surface area contributed by atoms with E-state index in [-0.39, 0.29) is 5.91 Å². The maximum Gasteiger partial charge on any atom is 0.256 e. The van der Waals surface area contributed by atoms with Crippen molar-refractivity contribution in [3.8, 4) is 0 Å². The van der Waals surface area contributed by atoms with Crippen LogP contribution in [-0.4, -0.2) is 5.91 Å². The Bertz CT molecular complexity index is 666. The van der Waals surface area contributed by atoms with Crippen LogP contribution in [0.1, 0.15) is 15.9 Å². The van der Waals surface area contributed by atoms with Crippen LogP contribution in [0.4, 0.5) is 11.4 Å². The van der Waals surface area contributed by atoms with Gasteiger partial charge in [0, 0.05) is 25.2 Å². The molecule has 2 aromatic rings. The molecule has 0 fully saturated rings. The molecule has 2 rings (SSSR count). The van der Waals surface area contributed by atoms with E-state index in [1.54, 1.807) is 24.3 Å². The van der Waals surface area contributed by atoms with Gasteiger partial charge in [-0.3, -0.25) is 4.79 Å². The van der Waals surface area contributed by atoms with Gasteiger partial charge in [-0.25, -0.2) is 0 Å². The van der Waals surface area contributed by atoms with Crippen molar-refractivity contribution in [3.63, 3.8) is 0 Å². The van der Waals surface area contributed by atoms with Crippen LogP contribution in [0.25, 0.3) is 0 Å². The largest absolute Gasteiger partial charge is 0.399 e. The first-order chi connectivity index (χ1) is 9.38. The number of carbonyl (C=O) groups is 1. The standard InChI is InChI=1S/C14H11Br2ClN2O/c1-7-2-3-8(17)4-10(7)14(20)19-13-11(15)5-9(18)6-12(13)16/h2-6H,18H2,1H3,(H,19,20). The number of hydrogen-bond donors (Lipinski definition) is 2. The predicted octanol–water partition coefficient (Wildman–Crippen LogP) is 5.01. The number of nitrogens with one attached hydrogen (secondary N) is 1. The highest BCUT2D eigenvalue weighted by Crippen LogP contribution is 2.34. The lowest BCUT2D eigenvalue weighted by atomic mass is 10.1. The number of rotatable bonds is 2. The van der Waals surface area contributed by atoms with Crippen LogP contribution in [0.5, 0.6) is 0 Å². The van der Waals surface area contributed by atoms with Gasteiger partial charge in [0.25, 0.3) is 5.91 Å². The Labute approximate surface area is 138 Å². The van der Waals surface area contributed by atoms with Crippen molar-refractivity contribution in [3.05, 3.63) is 55.4 Å². The van der Waals surface area contributed by atoms with E-state index in [1.807, 2.05) is 13.0 Å². The predicted molar refractivity (Wildman–Crippen MR) is 90.4 cm³/mol. The summed E-state index contributed by atoms with van der Waals surface area (Å²) in [6.07, 6.45) is 0. The molecule has 1 amide bonds. The highest BCUT2D eigenvalue weighted by molar-refractivity contribution is 9.11. The minimum atomic E-state index is -0.226. The smallest absolute Gasteiger partial charge is 0.256 e. The molecular formula is C14H11Br2ClN2O. The molecular weight excluding hydrogens is 407 g/mol. The van der Waals surface area contributed by atoms with Crippen LogP contribution in [-0.2, 0) is 0 Å². The molecule has 0 aliphatic rings. The first kappa shape index (κ1) is 15.4. The Balaban J connectivity index is 2.35. The van der Waals surface area contributed by atoms with E-state index in [9.17, 15) is 4.79 Å². The number of amides is 1. The fourth-order valence-corrected chi connectivity index (χ4v) is 3.32. The number of carbonyl (C=O) groups excluding carboxylic acids is 1. The van der Waals surface area contributed by atoms with Gasteiger partial charge in [0.1, 0.15) is 0 Å². The summed E-state index contributed by atoms with van der Waals surface area (Å²) < 4.78 is 1.41. The van der Waals surface area contributed by atoms with Crippen molar-refractivity contribution in [1.29, 1.82) is 0 Å². The molecule has 3 N–H and O–H groups in total. The van der Waals surface area contributed by atoms with Crippen molar-refractivity contribution >= 4 is 60.7 Å². The minimum absolute atomic E-state index is 0.226. The number of halogens is 3. The molecule has 0 unspecified atom stereocenters. The lowest BCUT2D eigenvalue weighted by Crippen LogP contribution is -2.14.